The van der Waals surface area contributed by atoms with Gasteiger partial charge in [-0.05, 0) is 125 Å². The van der Waals surface area contributed by atoms with Gasteiger partial charge in [-0.1, -0.05) is 36.4 Å². The number of nitrogens with zero attached hydrogens (tertiary/aromatic N) is 7. The van der Waals surface area contributed by atoms with E-state index in [4.69, 9.17) is 10.2 Å². The second-order valence-corrected chi connectivity index (χ2v) is 16.8. The molecule has 10 rings (SSSR count). The maximum Gasteiger partial charge on any atom is 0.417 e. The van der Waals surface area contributed by atoms with Gasteiger partial charge in [-0.15, -0.1) is 0 Å². The number of fused-ring (bicyclic) bond motifs is 4. The predicted molar refractivity (Wildman–Crippen MR) is 272 cm³/mol. The van der Waals surface area contributed by atoms with E-state index < -0.39 is 16.4 Å². The molecular formula is C55H47N9O6. The molecule has 0 saturated heterocycles. The topological polar surface area (TPSA) is 242 Å². The fraction of sp³-hybridized carbons (Fsp3) is 0.164. The van der Waals surface area contributed by atoms with Crippen molar-refractivity contribution >= 4 is 55.2 Å². The minimum Gasteiger partial charge on any atom is -0.506 e. The van der Waals surface area contributed by atoms with Gasteiger partial charge in [-0.25, -0.2) is 4.79 Å². The molecule has 4 aromatic heterocycles. The van der Waals surface area contributed by atoms with Crippen LogP contribution in [0.15, 0.2) is 118 Å². The second-order valence-electron chi connectivity index (χ2n) is 16.8. The summed E-state index contributed by atoms with van der Waals surface area (Å²) >= 11 is 0. The molecule has 10 aromatic rings. The van der Waals surface area contributed by atoms with E-state index in [-0.39, 0.29) is 11.4 Å². The number of aromatic amines is 1. The normalized spacial score (nSPS) is 10.9. The quantitative estimate of drug-likeness (QED) is 0.0510. The largest absolute Gasteiger partial charge is 0.506 e. The van der Waals surface area contributed by atoms with Crippen molar-refractivity contribution in [3.63, 3.8) is 0 Å². The maximum absolute atomic E-state index is 11.4. The van der Waals surface area contributed by atoms with Crippen LogP contribution in [-0.2, 0) is 19.6 Å². The standard InChI is InChI=1S/C19H15N3O2.C18H15N3O3.C18H17N3O/c1-3-22-16-8-11(2)4-6-13(16)14(10-20)18(22)12-5-7-17-15(9-12)21-19(23)24-17;1-3-20-15-8-11(2)4-6-13(15)14(10-19)18(20)12-5-7-17(22)16(9-12)21(23)24;1-3-21-16-8-11(2)4-6-13(16)14(10-19)18(21)12-5-7-17(22)15(20)9-12/h4-9H,3H2,1-2H3,(H,21,23);4-9,22H,3H2,1-2H3;4-9,22H,3,20H2,1-2H3. The second kappa shape index (κ2) is 19.0. The summed E-state index contributed by atoms with van der Waals surface area (Å²) in [5, 5.41) is 62.1. The highest BCUT2D eigenvalue weighted by Gasteiger charge is 2.23. The van der Waals surface area contributed by atoms with Crippen LogP contribution in [0.2, 0.25) is 0 Å². The molecule has 0 fully saturated rings. The number of nitrogen functional groups attached to an aromatic ring is 1. The zero-order chi connectivity index (χ0) is 50.1. The Bertz CT molecular complexity index is 3920. The smallest absolute Gasteiger partial charge is 0.417 e. The third-order valence-electron chi connectivity index (χ3n) is 12.4. The molecule has 0 unspecified atom stereocenters. The summed E-state index contributed by atoms with van der Waals surface area (Å²) in [7, 11) is 0. The number of rotatable bonds is 7. The van der Waals surface area contributed by atoms with Crippen molar-refractivity contribution in [1.82, 2.24) is 18.7 Å². The van der Waals surface area contributed by atoms with Crippen molar-refractivity contribution in [3.8, 4) is 63.5 Å². The molecule has 0 radical (unpaired) electrons. The monoisotopic (exact) mass is 929 g/mol. The van der Waals surface area contributed by atoms with Crippen LogP contribution in [0.4, 0.5) is 11.4 Å². The number of phenolic OH excluding ortho intramolecular Hbond substituents is 2. The molecule has 0 aliphatic heterocycles. The number of hydrogen-bond acceptors (Lipinski definition) is 10. The summed E-state index contributed by atoms with van der Waals surface area (Å²) in [5.74, 6) is -0.816. The van der Waals surface area contributed by atoms with Crippen molar-refractivity contribution in [2.45, 2.75) is 61.2 Å². The van der Waals surface area contributed by atoms with Crippen molar-refractivity contribution in [2.24, 2.45) is 0 Å². The fourth-order valence-electron chi connectivity index (χ4n) is 9.22. The molecule has 0 bridgehead atoms. The van der Waals surface area contributed by atoms with E-state index in [1.54, 1.807) is 30.3 Å². The lowest BCUT2D eigenvalue weighted by molar-refractivity contribution is -0.385. The third-order valence-corrected chi connectivity index (χ3v) is 12.4. The van der Waals surface area contributed by atoms with Crippen molar-refractivity contribution in [2.75, 3.05) is 5.73 Å². The first-order valence-corrected chi connectivity index (χ1v) is 22.4. The molecule has 70 heavy (non-hydrogen) atoms. The van der Waals surface area contributed by atoms with E-state index in [2.05, 4.69) is 58.3 Å². The molecule has 0 aliphatic carbocycles. The third kappa shape index (κ3) is 8.31. The molecule has 348 valence electrons. The number of H-pyrrole nitrogens is 1. The van der Waals surface area contributed by atoms with Gasteiger partial charge in [0.2, 0.25) is 0 Å². The average molecular weight is 930 g/mol. The zero-order valence-electron chi connectivity index (χ0n) is 39.2. The van der Waals surface area contributed by atoms with Gasteiger partial charge in [0.15, 0.2) is 11.3 Å². The first-order chi connectivity index (χ1) is 33.7. The molecule has 0 saturated carbocycles. The number of benzene rings is 6. The number of phenols is 2. The van der Waals surface area contributed by atoms with Gasteiger partial charge < -0.3 is 34.1 Å². The van der Waals surface area contributed by atoms with E-state index in [0.717, 1.165) is 85.0 Å². The minimum atomic E-state index is -0.631. The molecule has 15 nitrogen and oxygen atoms in total. The number of hydrogen-bond donors (Lipinski definition) is 4. The van der Waals surface area contributed by atoms with E-state index in [9.17, 15) is 40.9 Å². The van der Waals surface area contributed by atoms with Gasteiger partial charge in [0.05, 0.1) is 66.4 Å². The molecule has 0 atom stereocenters. The Balaban J connectivity index is 0.000000141. The molecule has 5 N–H and O–H groups in total. The molecule has 0 amide bonds. The number of oxazole rings is 1. The number of nitrogens with two attached hydrogens (primary N) is 1. The van der Waals surface area contributed by atoms with Crippen molar-refractivity contribution in [3.05, 3.63) is 163 Å². The van der Waals surface area contributed by atoms with Crippen molar-refractivity contribution in [1.29, 1.82) is 15.8 Å². The number of nitrogens with one attached hydrogen (secondary N) is 1. The lowest BCUT2D eigenvalue weighted by Gasteiger charge is -2.10. The highest BCUT2D eigenvalue weighted by molar-refractivity contribution is 5.98. The highest BCUT2D eigenvalue weighted by Crippen LogP contribution is 2.39. The SMILES string of the molecule is CCn1c(-c2ccc(O)c(N)c2)c(C#N)c2ccc(C)cc21.CCn1c(-c2ccc(O)c([N+](=O)[O-])c2)c(C#N)c2ccc(C)cc21.CCn1c(-c2ccc3oc(=O)[nH]c3c2)c(C#N)c2ccc(C)cc21. The number of nitro benzene ring substituents is 1. The summed E-state index contributed by atoms with van der Waals surface area (Å²) < 4.78 is 11.3. The van der Waals surface area contributed by atoms with Gasteiger partial charge in [-0.2, -0.15) is 15.8 Å². The van der Waals surface area contributed by atoms with E-state index in [0.29, 0.717) is 51.3 Å². The van der Waals surface area contributed by atoms with Crippen LogP contribution < -0.4 is 11.5 Å². The summed E-state index contributed by atoms with van der Waals surface area (Å²) in [6.45, 7) is 14.2. The molecule has 0 spiro atoms. The van der Waals surface area contributed by atoms with Gasteiger partial charge in [0, 0.05) is 58.5 Å². The first kappa shape index (κ1) is 47.0. The Morgan fingerprint density at radius 3 is 1.40 bits per heavy atom. The lowest BCUT2D eigenvalue weighted by Crippen LogP contribution is -1.98. The summed E-state index contributed by atoms with van der Waals surface area (Å²) in [6.07, 6.45) is 0. The number of nitriles is 3. The molecule has 6 aromatic carbocycles. The molecular weight excluding hydrogens is 883 g/mol. The van der Waals surface area contributed by atoms with Gasteiger partial charge in [0.25, 0.3) is 0 Å². The molecule has 15 heteroatoms. The highest BCUT2D eigenvalue weighted by atomic mass is 16.6. The number of nitro groups is 1. The minimum absolute atomic E-state index is 0.0530. The van der Waals surface area contributed by atoms with Crippen LogP contribution in [0.1, 0.15) is 54.2 Å². The Morgan fingerprint density at radius 2 is 1.00 bits per heavy atom. The van der Waals surface area contributed by atoms with E-state index in [1.807, 2.05) is 86.9 Å². The van der Waals surface area contributed by atoms with Crippen LogP contribution in [0, 0.1) is 64.9 Å². The summed E-state index contributed by atoms with van der Waals surface area (Å²) in [6, 6.07) is 39.7. The number of aryl methyl sites for hydroxylation is 6. The first-order valence-electron chi connectivity index (χ1n) is 22.4. The van der Waals surface area contributed by atoms with E-state index in [1.165, 1.54) is 12.1 Å². The Labute approximate surface area is 401 Å². The Kier molecular flexibility index (Phi) is 12.8. The Hall–Kier alpha value is -9.52. The van der Waals surface area contributed by atoms with Crippen LogP contribution in [0.5, 0.6) is 11.5 Å². The van der Waals surface area contributed by atoms with Gasteiger partial charge in [0.1, 0.15) is 24.0 Å². The van der Waals surface area contributed by atoms with Crippen LogP contribution in [0.25, 0.3) is 77.6 Å². The van der Waals surface area contributed by atoms with Crippen molar-refractivity contribution < 1.29 is 19.6 Å². The molecule has 0 aliphatic rings. The van der Waals surface area contributed by atoms with Crippen LogP contribution in [0.3, 0.4) is 0 Å². The zero-order valence-corrected chi connectivity index (χ0v) is 39.2. The summed E-state index contributed by atoms with van der Waals surface area (Å²) in [4.78, 5) is 24.5. The van der Waals surface area contributed by atoms with Gasteiger partial charge in [-0.3, -0.25) is 15.1 Å². The van der Waals surface area contributed by atoms with E-state index >= 15 is 0 Å². The lowest BCUT2D eigenvalue weighted by atomic mass is 10.0. The number of aromatic hydroxyl groups is 2. The number of anilines is 1. The maximum atomic E-state index is 11.4. The summed E-state index contributed by atoms with van der Waals surface area (Å²) in [5.41, 5.74) is 19.6. The Morgan fingerprint density at radius 1 is 0.600 bits per heavy atom. The fourth-order valence-corrected chi connectivity index (χ4v) is 9.22. The van der Waals surface area contributed by atoms with Crippen LogP contribution >= 0.6 is 0 Å². The molecule has 4 heterocycles. The predicted octanol–water partition coefficient (Wildman–Crippen LogP) is 11.9. The average Bonchev–Trinajstić information content (AvgIpc) is 4.07. The van der Waals surface area contributed by atoms with Crippen LogP contribution in [-0.4, -0.2) is 33.8 Å². The van der Waals surface area contributed by atoms with Gasteiger partial charge >= 0.3 is 11.4 Å². The number of aromatic nitrogens is 4.